The van der Waals surface area contributed by atoms with Crippen LogP contribution < -0.4 is 20.7 Å². The molecule has 0 radical (unpaired) electrons. The lowest BCUT2D eigenvalue weighted by Gasteiger charge is -2.19. The highest BCUT2D eigenvalue weighted by Crippen LogP contribution is 2.15. The topological polar surface area (TPSA) is 106 Å². The van der Waals surface area contributed by atoms with Crippen molar-refractivity contribution in [3.8, 4) is 5.75 Å². The summed E-state index contributed by atoms with van der Waals surface area (Å²) in [5.74, 6) is -0.0985. The van der Waals surface area contributed by atoms with Crippen molar-refractivity contribution in [2.24, 2.45) is 0 Å². The molecule has 9 heteroatoms. The van der Waals surface area contributed by atoms with Crippen LogP contribution in [0.5, 0.6) is 5.75 Å². The van der Waals surface area contributed by atoms with Gasteiger partial charge in [0.1, 0.15) is 17.9 Å². The molecule has 0 aliphatic heterocycles. The molecule has 0 atom stereocenters. The number of halogens is 1. The van der Waals surface area contributed by atoms with Crippen molar-refractivity contribution < 1.29 is 23.9 Å². The first kappa shape index (κ1) is 24.0. The van der Waals surface area contributed by atoms with E-state index in [9.17, 15) is 14.4 Å². The molecule has 2 rings (SSSR count). The first-order valence-corrected chi connectivity index (χ1v) is 9.99. The van der Waals surface area contributed by atoms with Gasteiger partial charge in [-0.1, -0.05) is 23.7 Å². The van der Waals surface area contributed by atoms with Gasteiger partial charge < -0.3 is 25.4 Å². The molecule has 0 saturated carbocycles. The predicted molar refractivity (Wildman–Crippen MR) is 118 cm³/mol. The Morgan fingerprint density at radius 2 is 1.55 bits per heavy atom. The summed E-state index contributed by atoms with van der Waals surface area (Å²) in [6.45, 7) is 5.19. The number of ether oxygens (including phenoxy) is 2. The molecule has 0 aliphatic carbocycles. The highest BCUT2D eigenvalue weighted by Gasteiger charge is 2.16. The van der Waals surface area contributed by atoms with Crippen LogP contribution in [0.15, 0.2) is 48.5 Å². The number of anilines is 1. The number of alkyl carbamates (subject to hydrolysis) is 1. The van der Waals surface area contributed by atoms with Crippen molar-refractivity contribution in [3.05, 3.63) is 59.1 Å². The molecular formula is C22H26ClN3O5. The van der Waals surface area contributed by atoms with E-state index in [-0.39, 0.29) is 31.5 Å². The van der Waals surface area contributed by atoms with Crippen LogP contribution in [0.2, 0.25) is 5.02 Å². The molecule has 2 aromatic rings. The number of rotatable bonds is 8. The second-order valence-electron chi connectivity index (χ2n) is 7.62. The fourth-order valence-electron chi connectivity index (χ4n) is 2.31. The first-order chi connectivity index (χ1) is 14.6. The Morgan fingerprint density at radius 1 is 0.903 bits per heavy atom. The minimum Gasteiger partial charge on any atom is -0.484 e. The summed E-state index contributed by atoms with van der Waals surface area (Å²) in [5, 5.41) is 8.41. The van der Waals surface area contributed by atoms with E-state index in [0.717, 1.165) is 5.56 Å². The standard InChI is InChI=1S/C22H26ClN3O5/c1-22(2,3)31-21(29)25-13-19(27)24-12-15-4-8-17(9-5-15)26-20(28)14-30-18-10-6-16(23)7-11-18/h4-11H,12-14H2,1-3H3,(H,24,27)(H,25,29)(H,26,28). The number of amides is 3. The quantitative estimate of drug-likeness (QED) is 0.574. The number of hydrogen-bond donors (Lipinski definition) is 3. The summed E-state index contributed by atoms with van der Waals surface area (Å²) in [5.41, 5.74) is 0.812. The van der Waals surface area contributed by atoms with Crippen molar-refractivity contribution >= 4 is 35.2 Å². The molecule has 0 unspecified atom stereocenters. The Hall–Kier alpha value is -3.26. The molecule has 0 fully saturated rings. The summed E-state index contributed by atoms with van der Waals surface area (Å²) >= 11 is 5.80. The summed E-state index contributed by atoms with van der Waals surface area (Å²) in [4.78, 5) is 35.4. The Morgan fingerprint density at radius 3 is 2.16 bits per heavy atom. The lowest BCUT2D eigenvalue weighted by molar-refractivity contribution is -0.120. The van der Waals surface area contributed by atoms with Gasteiger partial charge in [0.15, 0.2) is 6.61 Å². The van der Waals surface area contributed by atoms with Gasteiger partial charge in [-0.05, 0) is 62.7 Å². The Labute approximate surface area is 186 Å². The lowest BCUT2D eigenvalue weighted by atomic mass is 10.2. The van der Waals surface area contributed by atoms with Crippen LogP contribution in [0.1, 0.15) is 26.3 Å². The molecule has 8 nitrogen and oxygen atoms in total. The number of benzene rings is 2. The van der Waals surface area contributed by atoms with E-state index in [1.807, 2.05) is 0 Å². The SMILES string of the molecule is CC(C)(C)OC(=O)NCC(=O)NCc1ccc(NC(=O)COc2ccc(Cl)cc2)cc1. The van der Waals surface area contributed by atoms with Gasteiger partial charge in [0.2, 0.25) is 5.91 Å². The average Bonchev–Trinajstić information content (AvgIpc) is 2.70. The lowest BCUT2D eigenvalue weighted by Crippen LogP contribution is -2.39. The molecule has 3 amide bonds. The monoisotopic (exact) mass is 447 g/mol. The molecule has 0 aromatic heterocycles. The van der Waals surface area contributed by atoms with Crippen LogP contribution in [0.25, 0.3) is 0 Å². The number of carbonyl (C=O) groups is 3. The van der Waals surface area contributed by atoms with Gasteiger partial charge in [0, 0.05) is 17.3 Å². The van der Waals surface area contributed by atoms with Gasteiger partial charge in [-0.25, -0.2) is 4.79 Å². The molecule has 31 heavy (non-hydrogen) atoms. The molecule has 3 N–H and O–H groups in total. The zero-order valence-corrected chi connectivity index (χ0v) is 18.4. The van der Waals surface area contributed by atoms with E-state index >= 15 is 0 Å². The summed E-state index contributed by atoms with van der Waals surface area (Å²) in [6.07, 6.45) is -0.650. The number of nitrogens with one attached hydrogen (secondary N) is 3. The number of carbonyl (C=O) groups excluding carboxylic acids is 3. The van der Waals surface area contributed by atoms with Crippen LogP contribution in [0.3, 0.4) is 0 Å². The van der Waals surface area contributed by atoms with Crippen LogP contribution in [-0.4, -0.2) is 36.7 Å². The maximum absolute atomic E-state index is 12.0. The first-order valence-electron chi connectivity index (χ1n) is 9.61. The average molecular weight is 448 g/mol. The third-order valence-corrected chi connectivity index (χ3v) is 3.96. The largest absolute Gasteiger partial charge is 0.484 e. The van der Waals surface area contributed by atoms with Gasteiger partial charge in [0.05, 0.1) is 0 Å². The van der Waals surface area contributed by atoms with Crippen molar-refractivity contribution in [2.45, 2.75) is 32.9 Å². The van der Waals surface area contributed by atoms with Gasteiger partial charge in [-0.2, -0.15) is 0 Å². The second kappa shape index (κ2) is 11.2. The van der Waals surface area contributed by atoms with Crippen LogP contribution >= 0.6 is 11.6 Å². The van der Waals surface area contributed by atoms with E-state index in [1.54, 1.807) is 69.3 Å². The molecular weight excluding hydrogens is 422 g/mol. The fourth-order valence-corrected chi connectivity index (χ4v) is 2.44. The van der Waals surface area contributed by atoms with E-state index in [0.29, 0.717) is 16.5 Å². The highest BCUT2D eigenvalue weighted by molar-refractivity contribution is 6.30. The molecule has 0 bridgehead atoms. The second-order valence-corrected chi connectivity index (χ2v) is 8.06. The molecule has 0 spiro atoms. The minimum atomic E-state index is -0.650. The number of hydrogen-bond acceptors (Lipinski definition) is 5. The maximum atomic E-state index is 12.0. The predicted octanol–water partition coefficient (Wildman–Crippen LogP) is 3.50. The van der Waals surface area contributed by atoms with E-state index in [4.69, 9.17) is 21.1 Å². The van der Waals surface area contributed by atoms with Crippen molar-refractivity contribution in [1.29, 1.82) is 0 Å². The van der Waals surface area contributed by atoms with Gasteiger partial charge in [0.25, 0.3) is 5.91 Å². The Balaban J connectivity index is 1.70. The summed E-state index contributed by atoms with van der Waals surface area (Å²) < 4.78 is 10.5. The van der Waals surface area contributed by atoms with Crippen LogP contribution in [-0.2, 0) is 20.9 Å². The third-order valence-electron chi connectivity index (χ3n) is 3.70. The zero-order chi connectivity index (χ0) is 22.9. The molecule has 166 valence electrons. The normalized spacial score (nSPS) is 10.7. The fraction of sp³-hybridized carbons (Fsp3) is 0.318. The minimum absolute atomic E-state index is 0.135. The maximum Gasteiger partial charge on any atom is 0.408 e. The van der Waals surface area contributed by atoms with E-state index in [2.05, 4.69) is 16.0 Å². The molecule has 0 saturated heterocycles. The summed E-state index contributed by atoms with van der Waals surface area (Å²) in [6, 6.07) is 13.7. The van der Waals surface area contributed by atoms with Crippen LogP contribution in [0, 0.1) is 0 Å². The molecule has 0 heterocycles. The molecule has 2 aromatic carbocycles. The van der Waals surface area contributed by atoms with Gasteiger partial charge >= 0.3 is 6.09 Å². The van der Waals surface area contributed by atoms with Gasteiger partial charge in [-0.15, -0.1) is 0 Å². The van der Waals surface area contributed by atoms with Crippen LogP contribution in [0.4, 0.5) is 10.5 Å². The Kier molecular flexibility index (Phi) is 8.69. The Bertz CT molecular complexity index is 893. The third kappa shape index (κ3) is 9.86. The summed E-state index contributed by atoms with van der Waals surface area (Å²) in [7, 11) is 0. The zero-order valence-electron chi connectivity index (χ0n) is 17.7. The van der Waals surface area contributed by atoms with Crippen molar-refractivity contribution in [2.75, 3.05) is 18.5 Å². The van der Waals surface area contributed by atoms with Gasteiger partial charge in [-0.3, -0.25) is 9.59 Å². The van der Waals surface area contributed by atoms with Crippen molar-refractivity contribution in [3.63, 3.8) is 0 Å². The van der Waals surface area contributed by atoms with Crippen molar-refractivity contribution in [1.82, 2.24) is 10.6 Å². The molecule has 0 aliphatic rings. The van der Waals surface area contributed by atoms with E-state index < -0.39 is 11.7 Å². The highest BCUT2D eigenvalue weighted by atomic mass is 35.5. The smallest absolute Gasteiger partial charge is 0.408 e. The van der Waals surface area contributed by atoms with E-state index in [1.165, 1.54) is 0 Å².